The molecule has 13 heteroatoms. The molecular weight excluding hydrogens is 444 g/mol. The third kappa shape index (κ3) is 9.04. The number of hydrogen-bond donors (Lipinski definition) is 6. The molecule has 2 atom stereocenters. The van der Waals surface area contributed by atoms with Gasteiger partial charge in [0.05, 0.1) is 5.69 Å². The molecule has 1 aromatic rings. The van der Waals surface area contributed by atoms with Crippen molar-refractivity contribution >= 4 is 46.4 Å². The van der Waals surface area contributed by atoms with Gasteiger partial charge in [-0.2, -0.15) is 5.06 Å². The summed E-state index contributed by atoms with van der Waals surface area (Å²) < 4.78 is 0. The van der Waals surface area contributed by atoms with E-state index in [2.05, 4.69) is 16.6 Å². The van der Waals surface area contributed by atoms with E-state index in [9.17, 15) is 29.2 Å². The van der Waals surface area contributed by atoms with Crippen molar-refractivity contribution in [1.29, 1.82) is 0 Å². The van der Waals surface area contributed by atoms with Crippen molar-refractivity contribution in [1.82, 2.24) is 10.6 Å². The van der Waals surface area contributed by atoms with Gasteiger partial charge in [0.2, 0.25) is 11.8 Å². The van der Waals surface area contributed by atoms with Gasteiger partial charge in [-0.15, -0.1) is 6.42 Å². The molecule has 0 bridgehead atoms. The molecule has 0 aromatic heterocycles. The predicted molar refractivity (Wildman–Crippen MR) is 114 cm³/mol. The van der Waals surface area contributed by atoms with Crippen LogP contribution < -0.4 is 21.4 Å². The molecule has 0 unspecified atom stereocenters. The number of terminal acetylenes is 1. The molecule has 0 radical (unpaired) electrons. The number of carbonyl (C=O) groups is 5. The fraction of sp³-hybridized carbons (Fsp3) is 0.316. The maximum atomic E-state index is 12.2. The van der Waals surface area contributed by atoms with Gasteiger partial charge < -0.3 is 26.6 Å². The van der Waals surface area contributed by atoms with Gasteiger partial charge in [-0.3, -0.25) is 29.2 Å². The van der Waals surface area contributed by atoms with Gasteiger partial charge >= 0.3 is 17.2 Å². The maximum Gasteiger partial charge on any atom is 0.322 e. The maximum absolute atomic E-state index is 12.2. The molecule has 0 fully saturated rings. The molecule has 0 aliphatic carbocycles. The third-order valence-corrected chi connectivity index (χ3v) is 4.81. The summed E-state index contributed by atoms with van der Waals surface area (Å²) >= 11 is 0.486. The Morgan fingerprint density at radius 3 is 2.31 bits per heavy atom. The van der Waals surface area contributed by atoms with Crippen molar-refractivity contribution < 1.29 is 39.4 Å². The lowest BCUT2D eigenvalue weighted by Gasteiger charge is -2.19. The van der Waals surface area contributed by atoms with Crippen LogP contribution in [0.5, 0.6) is 0 Å². The van der Waals surface area contributed by atoms with Crippen LogP contribution in [-0.4, -0.2) is 68.8 Å². The lowest BCUT2D eigenvalue weighted by Crippen LogP contribution is -2.50. The number of carboxylic acid groups (broad SMARTS) is 2. The Morgan fingerprint density at radius 1 is 1.16 bits per heavy atom. The van der Waals surface area contributed by atoms with Crippen LogP contribution in [0, 0.1) is 12.3 Å². The van der Waals surface area contributed by atoms with Crippen molar-refractivity contribution in [3.63, 3.8) is 0 Å². The molecule has 0 saturated carbocycles. The standard InChI is InChI=1S/C19H22N4O8S/c1-2-11-3-5-12(6-4-11)23(31)19(30)32-10-14(17(27)21-9-16(25)26)22-15(24)8-7-13(20)18(28)29/h1,3-6,13-14,31H,7-10,20H2,(H,21,27)(H,22,24)(H,25,26)(H,28,29)/t13-,14-/m0/s1. The first kappa shape index (κ1) is 26.4. The molecule has 0 aliphatic rings. The molecular formula is C19H22N4O8S. The quantitative estimate of drug-likeness (QED) is 0.142. The highest BCUT2D eigenvalue weighted by Crippen LogP contribution is 2.19. The van der Waals surface area contributed by atoms with Crippen molar-refractivity contribution in [3.05, 3.63) is 29.8 Å². The number of nitrogens with zero attached hydrogens (tertiary/aromatic N) is 1. The van der Waals surface area contributed by atoms with E-state index in [-0.39, 0.29) is 24.3 Å². The average molecular weight is 466 g/mol. The number of amides is 3. The smallest absolute Gasteiger partial charge is 0.322 e. The van der Waals surface area contributed by atoms with E-state index < -0.39 is 47.6 Å². The van der Waals surface area contributed by atoms with Crippen LogP contribution in [-0.2, 0) is 19.2 Å². The number of carbonyl (C=O) groups excluding carboxylic acids is 3. The van der Waals surface area contributed by atoms with E-state index in [0.717, 1.165) is 0 Å². The highest BCUT2D eigenvalue weighted by atomic mass is 32.2. The molecule has 0 saturated heterocycles. The minimum Gasteiger partial charge on any atom is -0.480 e. The van der Waals surface area contributed by atoms with Crippen molar-refractivity contribution in [2.75, 3.05) is 17.4 Å². The van der Waals surface area contributed by atoms with Gasteiger partial charge in [-0.1, -0.05) is 17.7 Å². The number of hydroxylamine groups is 1. The van der Waals surface area contributed by atoms with Gasteiger partial charge in [0.1, 0.15) is 18.6 Å². The number of hydrogen-bond acceptors (Lipinski definition) is 8. The number of aliphatic carboxylic acids is 2. The minimum atomic E-state index is -1.34. The van der Waals surface area contributed by atoms with Crippen LogP contribution in [0.4, 0.5) is 10.5 Å². The van der Waals surface area contributed by atoms with Crippen LogP contribution >= 0.6 is 11.8 Å². The second kappa shape index (κ2) is 13.0. The van der Waals surface area contributed by atoms with E-state index in [1.54, 1.807) is 0 Å². The topological polar surface area (TPSA) is 199 Å². The van der Waals surface area contributed by atoms with E-state index >= 15 is 0 Å². The number of thioether (sulfide) groups is 1. The Hall–Kier alpha value is -3.60. The summed E-state index contributed by atoms with van der Waals surface area (Å²) in [5.74, 6) is -2.20. The SMILES string of the molecule is C#Cc1ccc(N(O)C(=O)SC[C@H](NC(=O)CC[C@H](N)C(=O)O)C(=O)NCC(=O)O)cc1. The highest BCUT2D eigenvalue weighted by Gasteiger charge is 2.25. The molecule has 12 nitrogen and oxygen atoms in total. The van der Waals surface area contributed by atoms with Crippen molar-refractivity contribution in [2.45, 2.75) is 24.9 Å². The molecule has 7 N–H and O–H groups in total. The van der Waals surface area contributed by atoms with Crippen LogP contribution in [0.1, 0.15) is 18.4 Å². The summed E-state index contributed by atoms with van der Waals surface area (Å²) in [5.41, 5.74) is 5.97. The molecule has 1 rings (SSSR count). The number of nitrogens with two attached hydrogens (primary N) is 1. The van der Waals surface area contributed by atoms with Gasteiger partial charge in [0, 0.05) is 17.7 Å². The fourth-order valence-electron chi connectivity index (χ4n) is 2.17. The molecule has 0 spiro atoms. The second-order valence-electron chi connectivity index (χ2n) is 6.29. The van der Waals surface area contributed by atoms with E-state index in [1.807, 2.05) is 0 Å². The highest BCUT2D eigenvalue weighted by molar-refractivity contribution is 8.13. The summed E-state index contributed by atoms with van der Waals surface area (Å²) in [7, 11) is 0. The van der Waals surface area contributed by atoms with Crippen molar-refractivity contribution in [3.8, 4) is 12.3 Å². The number of benzene rings is 1. The zero-order valence-electron chi connectivity index (χ0n) is 16.7. The Bertz CT molecular complexity index is 900. The van der Waals surface area contributed by atoms with Crippen LogP contribution in [0.25, 0.3) is 0 Å². The fourth-order valence-corrected chi connectivity index (χ4v) is 2.94. The van der Waals surface area contributed by atoms with Crippen LogP contribution in [0.15, 0.2) is 24.3 Å². The van der Waals surface area contributed by atoms with Gasteiger partial charge in [0.15, 0.2) is 0 Å². The zero-order chi connectivity index (χ0) is 24.3. The lowest BCUT2D eigenvalue weighted by molar-refractivity contribution is -0.139. The summed E-state index contributed by atoms with van der Waals surface area (Å²) in [5, 5.41) is 31.3. The second-order valence-corrected chi connectivity index (χ2v) is 7.27. The Kier molecular flexibility index (Phi) is 10.7. The van der Waals surface area contributed by atoms with E-state index in [4.69, 9.17) is 22.4 Å². The van der Waals surface area contributed by atoms with Gasteiger partial charge in [-0.05, 0) is 30.7 Å². The summed E-state index contributed by atoms with van der Waals surface area (Å²) in [6, 6.07) is 3.19. The van der Waals surface area contributed by atoms with E-state index in [1.165, 1.54) is 24.3 Å². The predicted octanol–water partition coefficient (Wildman–Crippen LogP) is -0.406. The Morgan fingerprint density at radius 2 is 1.78 bits per heavy atom. The summed E-state index contributed by atoms with van der Waals surface area (Å²) in [6.45, 7) is -0.721. The minimum absolute atomic E-state index is 0.111. The Balaban J connectivity index is 2.76. The number of rotatable bonds is 11. The molecule has 172 valence electrons. The largest absolute Gasteiger partial charge is 0.480 e. The molecule has 0 aliphatic heterocycles. The Labute approximate surface area is 187 Å². The lowest BCUT2D eigenvalue weighted by atomic mass is 10.1. The van der Waals surface area contributed by atoms with E-state index in [0.29, 0.717) is 22.4 Å². The first-order valence-corrected chi connectivity index (χ1v) is 10.0. The first-order chi connectivity index (χ1) is 15.0. The molecule has 32 heavy (non-hydrogen) atoms. The van der Waals surface area contributed by atoms with Crippen molar-refractivity contribution in [2.24, 2.45) is 5.73 Å². The van der Waals surface area contributed by atoms with Crippen LogP contribution in [0.2, 0.25) is 0 Å². The van der Waals surface area contributed by atoms with Gasteiger partial charge in [0.25, 0.3) is 0 Å². The third-order valence-electron chi connectivity index (χ3n) is 3.89. The van der Waals surface area contributed by atoms with Crippen LogP contribution in [0.3, 0.4) is 0 Å². The number of nitrogens with one attached hydrogen (secondary N) is 2. The monoisotopic (exact) mass is 466 g/mol. The number of carboxylic acids is 2. The molecule has 1 aromatic carbocycles. The molecule has 0 heterocycles. The first-order valence-electron chi connectivity index (χ1n) is 9.04. The average Bonchev–Trinajstić information content (AvgIpc) is 2.77. The zero-order valence-corrected chi connectivity index (χ0v) is 17.5. The summed E-state index contributed by atoms with van der Waals surface area (Å²) in [6.07, 6.45) is 4.72. The normalized spacial score (nSPS) is 12.0. The summed E-state index contributed by atoms with van der Waals surface area (Å²) in [4.78, 5) is 57.9. The van der Waals surface area contributed by atoms with Gasteiger partial charge in [-0.25, -0.2) is 0 Å². The number of anilines is 1. The molecule has 3 amide bonds.